The molecular weight excluding hydrogens is 240 g/mol. The molecule has 0 spiro atoms. The lowest BCUT2D eigenvalue weighted by atomic mass is 10.2. The molecule has 0 heterocycles. The average molecular weight is 255 g/mol. The van der Waals surface area contributed by atoms with Crippen molar-refractivity contribution in [2.45, 2.75) is 31.8 Å². The first-order valence-electron chi connectivity index (χ1n) is 5.75. The summed E-state index contributed by atoms with van der Waals surface area (Å²) in [6.45, 7) is 0. The van der Waals surface area contributed by atoms with Gasteiger partial charge in [-0.1, -0.05) is 0 Å². The zero-order valence-corrected chi connectivity index (χ0v) is 10.5. The fourth-order valence-corrected chi connectivity index (χ4v) is 2.19. The molecule has 0 radical (unpaired) electrons. The topological polar surface area (TPSA) is 35.5 Å². The first-order valence-corrected chi connectivity index (χ1v) is 6.13. The summed E-state index contributed by atoms with van der Waals surface area (Å²) in [4.78, 5) is 11.1. The van der Waals surface area contributed by atoms with Gasteiger partial charge in [0.25, 0.3) is 5.24 Å². The molecule has 1 aromatic rings. The highest BCUT2D eigenvalue weighted by Crippen LogP contribution is 2.32. The number of halogens is 1. The van der Waals surface area contributed by atoms with Gasteiger partial charge in [0.05, 0.1) is 13.2 Å². The van der Waals surface area contributed by atoms with Crippen LogP contribution in [0.1, 0.15) is 36.0 Å². The van der Waals surface area contributed by atoms with Crippen LogP contribution in [0.2, 0.25) is 0 Å². The molecule has 0 aliphatic heterocycles. The lowest BCUT2D eigenvalue weighted by Crippen LogP contribution is -2.12. The van der Waals surface area contributed by atoms with Crippen LogP contribution in [-0.2, 0) is 0 Å². The largest absolute Gasteiger partial charge is 0.493 e. The van der Waals surface area contributed by atoms with Crippen molar-refractivity contribution in [2.75, 3.05) is 7.11 Å². The Hall–Kier alpha value is -1.22. The van der Waals surface area contributed by atoms with Gasteiger partial charge in [-0.15, -0.1) is 0 Å². The Morgan fingerprint density at radius 1 is 1.29 bits per heavy atom. The number of methoxy groups -OCH3 is 1. The van der Waals surface area contributed by atoms with Crippen LogP contribution in [-0.4, -0.2) is 18.5 Å². The summed E-state index contributed by atoms with van der Waals surface area (Å²) in [6.07, 6.45) is 4.73. The van der Waals surface area contributed by atoms with E-state index in [0.29, 0.717) is 17.1 Å². The molecule has 1 aromatic carbocycles. The van der Waals surface area contributed by atoms with E-state index >= 15 is 0 Å². The van der Waals surface area contributed by atoms with Gasteiger partial charge >= 0.3 is 0 Å². The summed E-state index contributed by atoms with van der Waals surface area (Å²) in [5, 5.41) is -0.482. The van der Waals surface area contributed by atoms with E-state index in [1.807, 2.05) is 0 Å². The van der Waals surface area contributed by atoms with Crippen LogP contribution in [0.4, 0.5) is 0 Å². The number of carbonyl (C=O) groups excluding carboxylic acids is 1. The number of rotatable bonds is 4. The van der Waals surface area contributed by atoms with Crippen molar-refractivity contribution in [2.24, 2.45) is 0 Å². The summed E-state index contributed by atoms with van der Waals surface area (Å²) in [5.74, 6) is 1.24. The fraction of sp³-hybridized carbons (Fsp3) is 0.462. The Morgan fingerprint density at radius 3 is 2.59 bits per heavy atom. The average Bonchev–Trinajstić information content (AvgIpc) is 2.81. The highest BCUT2D eigenvalue weighted by Gasteiger charge is 2.19. The third kappa shape index (κ3) is 2.91. The second-order valence-corrected chi connectivity index (χ2v) is 4.51. The van der Waals surface area contributed by atoms with Crippen LogP contribution in [0.5, 0.6) is 11.5 Å². The molecule has 2 rings (SSSR count). The van der Waals surface area contributed by atoms with E-state index in [4.69, 9.17) is 21.1 Å². The van der Waals surface area contributed by atoms with Gasteiger partial charge in [0.15, 0.2) is 11.5 Å². The van der Waals surface area contributed by atoms with Gasteiger partial charge in [0, 0.05) is 5.56 Å². The molecule has 4 heteroatoms. The van der Waals surface area contributed by atoms with E-state index in [1.165, 1.54) is 12.8 Å². The van der Waals surface area contributed by atoms with Crippen molar-refractivity contribution in [3.05, 3.63) is 23.8 Å². The zero-order chi connectivity index (χ0) is 12.3. The lowest BCUT2D eigenvalue weighted by Gasteiger charge is -2.16. The van der Waals surface area contributed by atoms with E-state index in [1.54, 1.807) is 25.3 Å². The summed E-state index contributed by atoms with van der Waals surface area (Å²) in [5.41, 5.74) is 0.431. The van der Waals surface area contributed by atoms with E-state index < -0.39 is 5.24 Å². The van der Waals surface area contributed by atoms with Crippen molar-refractivity contribution in [3.8, 4) is 11.5 Å². The maximum atomic E-state index is 11.1. The molecule has 1 fully saturated rings. The SMILES string of the molecule is COc1ccc(C(=O)Cl)cc1OC1CCCC1. The third-order valence-electron chi connectivity index (χ3n) is 2.99. The molecule has 0 aromatic heterocycles. The van der Waals surface area contributed by atoms with Crippen LogP contribution in [0.3, 0.4) is 0 Å². The molecule has 1 aliphatic carbocycles. The second-order valence-electron chi connectivity index (χ2n) is 4.16. The van der Waals surface area contributed by atoms with Gasteiger partial charge < -0.3 is 9.47 Å². The Morgan fingerprint density at radius 2 is 2.00 bits per heavy atom. The summed E-state index contributed by atoms with van der Waals surface area (Å²) >= 11 is 5.45. The number of carbonyl (C=O) groups is 1. The number of hydrogen-bond acceptors (Lipinski definition) is 3. The molecule has 1 saturated carbocycles. The molecule has 0 amide bonds. The van der Waals surface area contributed by atoms with E-state index in [0.717, 1.165) is 12.8 Å². The number of hydrogen-bond donors (Lipinski definition) is 0. The molecule has 0 N–H and O–H groups in total. The van der Waals surface area contributed by atoms with Gasteiger partial charge in [-0.3, -0.25) is 4.79 Å². The second kappa shape index (κ2) is 5.41. The standard InChI is InChI=1S/C13H15ClO3/c1-16-11-7-6-9(13(14)15)8-12(11)17-10-4-2-3-5-10/h6-8,10H,2-5H2,1H3. The highest BCUT2D eigenvalue weighted by atomic mass is 35.5. The Balaban J connectivity index is 2.21. The van der Waals surface area contributed by atoms with E-state index in [-0.39, 0.29) is 6.10 Å². The van der Waals surface area contributed by atoms with Crippen LogP contribution in [0, 0.1) is 0 Å². The van der Waals surface area contributed by atoms with E-state index in [9.17, 15) is 4.79 Å². The van der Waals surface area contributed by atoms with Crippen LogP contribution in [0.25, 0.3) is 0 Å². The molecular formula is C13H15ClO3. The van der Waals surface area contributed by atoms with Crippen molar-refractivity contribution in [1.29, 1.82) is 0 Å². The van der Waals surface area contributed by atoms with Gasteiger partial charge in [-0.05, 0) is 55.5 Å². The molecule has 92 valence electrons. The minimum atomic E-state index is -0.482. The Bertz CT molecular complexity index is 411. The smallest absolute Gasteiger partial charge is 0.252 e. The monoisotopic (exact) mass is 254 g/mol. The predicted molar refractivity (Wildman–Crippen MR) is 66.1 cm³/mol. The lowest BCUT2D eigenvalue weighted by molar-refractivity contribution is 0.108. The number of benzene rings is 1. The molecule has 0 unspecified atom stereocenters. The van der Waals surface area contributed by atoms with Gasteiger partial charge in [-0.25, -0.2) is 0 Å². The molecule has 0 atom stereocenters. The molecule has 17 heavy (non-hydrogen) atoms. The Labute approximate surface area is 106 Å². The quantitative estimate of drug-likeness (QED) is 0.773. The summed E-state index contributed by atoms with van der Waals surface area (Å²) < 4.78 is 11.1. The molecule has 0 bridgehead atoms. The predicted octanol–water partition coefficient (Wildman–Crippen LogP) is 3.40. The van der Waals surface area contributed by atoms with E-state index in [2.05, 4.69) is 0 Å². The summed E-state index contributed by atoms with van der Waals surface area (Å²) in [7, 11) is 1.58. The minimum absolute atomic E-state index is 0.226. The third-order valence-corrected chi connectivity index (χ3v) is 3.20. The minimum Gasteiger partial charge on any atom is -0.493 e. The van der Waals surface area contributed by atoms with Crippen molar-refractivity contribution in [3.63, 3.8) is 0 Å². The van der Waals surface area contributed by atoms with Crippen LogP contribution >= 0.6 is 11.6 Å². The van der Waals surface area contributed by atoms with Crippen molar-refractivity contribution >= 4 is 16.8 Å². The zero-order valence-electron chi connectivity index (χ0n) is 9.74. The summed E-state index contributed by atoms with van der Waals surface area (Å²) in [6, 6.07) is 4.99. The van der Waals surface area contributed by atoms with Gasteiger partial charge in [-0.2, -0.15) is 0 Å². The van der Waals surface area contributed by atoms with Gasteiger partial charge in [0.2, 0.25) is 0 Å². The van der Waals surface area contributed by atoms with Crippen LogP contribution in [0.15, 0.2) is 18.2 Å². The Kier molecular flexibility index (Phi) is 3.89. The first kappa shape index (κ1) is 12.2. The highest BCUT2D eigenvalue weighted by molar-refractivity contribution is 6.67. The molecule has 1 aliphatic rings. The van der Waals surface area contributed by atoms with Crippen molar-refractivity contribution in [1.82, 2.24) is 0 Å². The first-order chi connectivity index (χ1) is 8.20. The number of ether oxygens (including phenoxy) is 2. The van der Waals surface area contributed by atoms with Crippen LogP contribution < -0.4 is 9.47 Å². The van der Waals surface area contributed by atoms with Crippen molar-refractivity contribution < 1.29 is 14.3 Å². The fourth-order valence-electron chi connectivity index (χ4n) is 2.08. The molecule has 3 nitrogen and oxygen atoms in total. The molecule has 0 saturated heterocycles. The normalized spacial score (nSPS) is 15.9. The van der Waals surface area contributed by atoms with Gasteiger partial charge in [0.1, 0.15) is 0 Å². The maximum absolute atomic E-state index is 11.1. The maximum Gasteiger partial charge on any atom is 0.252 e.